The van der Waals surface area contributed by atoms with Gasteiger partial charge in [-0.3, -0.25) is 4.79 Å². The number of rotatable bonds is 4. The zero-order valence-corrected chi connectivity index (χ0v) is 15.3. The number of carbonyl (C=O) groups excluding carboxylic acids is 1. The lowest BCUT2D eigenvalue weighted by Crippen LogP contribution is -2.14. The van der Waals surface area contributed by atoms with Gasteiger partial charge in [-0.25, -0.2) is 12.4 Å². The minimum Gasteiger partial charge on any atom is -0.504 e. The number of nitrogens with zero attached hydrogens (tertiary/aromatic N) is 1. The van der Waals surface area contributed by atoms with Gasteiger partial charge in [0.25, 0.3) is 10.0 Å². The molecule has 28 heavy (non-hydrogen) atoms. The van der Waals surface area contributed by atoms with Crippen LogP contribution in [0, 0.1) is 0 Å². The number of carbonyl (C=O) groups is 1. The minimum atomic E-state index is -3.76. The van der Waals surface area contributed by atoms with Gasteiger partial charge in [-0.1, -0.05) is 18.2 Å². The Hall–Kier alpha value is -3.52. The first-order chi connectivity index (χ1) is 13.4. The summed E-state index contributed by atoms with van der Waals surface area (Å²) < 4.78 is 32.2. The molecule has 8 heteroatoms. The number of ketones is 1. The van der Waals surface area contributed by atoms with E-state index in [-0.39, 0.29) is 28.4 Å². The van der Waals surface area contributed by atoms with Gasteiger partial charge in [0, 0.05) is 18.3 Å². The maximum Gasteiger partial charge on any atom is 0.267 e. The summed E-state index contributed by atoms with van der Waals surface area (Å²) in [5.74, 6) is -1.50. The normalized spacial score (nSPS) is 14.9. The Kier molecular flexibility index (Phi) is 4.20. The molecule has 0 aliphatic carbocycles. The lowest BCUT2D eigenvalue weighted by atomic mass is 10.1. The molecular formula is C20H15NO6S. The molecule has 0 amide bonds. The van der Waals surface area contributed by atoms with Crippen molar-refractivity contribution in [3.63, 3.8) is 0 Å². The lowest BCUT2D eigenvalue weighted by Gasteiger charge is -2.09. The smallest absolute Gasteiger partial charge is 0.267 e. The number of phenols is 2. The van der Waals surface area contributed by atoms with Crippen LogP contribution in [0.25, 0.3) is 0 Å². The summed E-state index contributed by atoms with van der Waals surface area (Å²) in [4.78, 5) is 12.6. The van der Waals surface area contributed by atoms with E-state index in [0.717, 1.165) is 3.97 Å². The van der Waals surface area contributed by atoms with E-state index in [4.69, 9.17) is 4.74 Å². The van der Waals surface area contributed by atoms with E-state index in [1.54, 1.807) is 30.3 Å². The van der Waals surface area contributed by atoms with Crippen LogP contribution in [-0.2, 0) is 16.4 Å². The van der Waals surface area contributed by atoms with Crippen LogP contribution in [0.3, 0.4) is 0 Å². The van der Waals surface area contributed by atoms with Gasteiger partial charge in [0.1, 0.15) is 0 Å². The fourth-order valence-corrected chi connectivity index (χ4v) is 4.37. The monoisotopic (exact) mass is 397 g/mol. The number of benzene rings is 2. The zero-order valence-electron chi connectivity index (χ0n) is 14.4. The second-order valence-electron chi connectivity index (χ2n) is 6.13. The first-order valence-corrected chi connectivity index (χ1v) is 9.78. The fraction of sp³-hybridized carbons (Fsp3) is 0.0500. The quantitative estimate of drug-likeness (QED) is 0.518. The fourth-order valence-electron chi connectivity index (χ4n) is 2.96. The summed E-state index contributed by atoms with van der Waals surface area (Å²) in [6.45, 7) is 0. The molecule has 0 spiro atoms. The Morgan fingerprint density at radius 2 is 1.75 bits per heavy atom. The molecule has 0 unspecified atom stereocenters. The lowest BCUT2D eigenvalue weighted by molar-refractivity contribution is 0.101. The molecule has 0 bridgehead atoms. The molecule has 1 aromatic heterocycles. The van der Waals surface area contributed by atoms with Gasteiger partial charge in [-0.2, -0.15) is 0 Å². The minimum absolute atomic E-state index is 0.0410. The highest BCUT2D eigenvalue weighted by atomic mass is 32.2. The van der Waals surface area contributed by atoms with E-state index in [9.17, 15) is 23.4 Å². The van der Waals surface area contributed by atoms with Crippen LogP contribution in [0.4, 0.5) is 0 Å². The van der Waals surface area contributed by atoms with E-state index in [0.29, 0.717) is 5.69 Å². The van der Waals surface area contributed by atoms with Crippen molar-refractivity contribution >= 4 is 15.8 Å². The van der Waals surface area contributed by atoms with Gasteiger partial charge >= 0.3 is 0 Å². The topological polar surface area (TPSA) is 106 Å². The predicted octanol–water partition coefficient (Wildman–Crippen LogP) is 2.84. The number of phenolic OH excluding ortho intramolecular Hbond substituents is 2. The third-order valence-corrected chi connectivity index (χ3v) is 6.12. The summed E-state index contributed by atoms with van der Waals surface area (Å²) in [6.07, 6.45) is 3.00. The highest BCUT2D eigenvalue weighted by Crippen LogP contribution is 2.43. The predicted molar refractivity (Wildman–Crippen MR) is 100.0 cm³/mol. The van der Waals surface area contributed by atoms with E-state index in [1.807, 2.05) is 0 Å². The third-order valence-electron chi connectivity index (χ3n) is 4.38. The Labute approximate surface area is 160 Å². The van der Waals surface area contributed by atoms with E-state index in [1.165, 1.54) is 36.5 Å². The maximum atomic E-state index is 12.8. The summed E-state index contributed by atoms with van der Waals surface area (Å²) in [7, 11) is -3.76. The molecule has 1 aliphatic rings. The first-order valence-electron chi connectivity index (χ1n) is 8.34. The third kappa shape index (κ3) is 2.84. The number of ether oxygens (including phenoxy) is 1. The van der Waals surface area contributed by atoms with Crippen LogP contribution in [0.15, 0.2) is 77.5 Å². The van der Waals surface area contributed by atoms with Crippen molar-refractivity contribution in [3.8, 4) is 17.2 Å². The molecule has 0 saturated carbocycles. The average molecular weight is 397 g/mol. The van der Waals surface area contributed by atoms with Crippen molar-refractivity contribution in [3.05, 3.63) is 83.9 Å². The van der Waals surface area contributed by atoms with Gasteiger partial charge < -0.3 is 14.9 Å². The van der Waals surface area contributed by atoms with E-state index >= 15 is 0 Å². The Balaban J connectivity index is 1.64. The molecule has 3 aromatic rings. The van der Waals surface area contributed by atoms with Crippen LogP contribution in [-0.4, -0.2) is 28.4 Å². The van der Waals surface area contributed by atoms with Gasteiger partial charge in [0.05, 0.1) is 10.5 Å². The number of aromatic hydroxyl groups is 2. The maximum absolute atomic E-state index is 12.8. The Morgan fingerprint density at radius 1 is 1.00 bits per heavy atom. The Morgan fingerprint density at radius 3 is 2.50 bits per heavy atom. The number of fused-ring (bicyclic) bond motifs is 1. The molecular weight excluding hydrogens is 382 g/mol. The zero-order chi connectivity index (χ0) is 19.9. The molecule has 2 aromatic carbocycles. The summed E-state index contributed by atoms with van der Waals surface area (Å²) in [5, 5.41) is 19.4. The van der Waals surface area contributed by atoms with Crippen molar-refractivity contribution in [2.24, 2.45) is 0 Å². The number of hydrogen-bond acceptors (Lipinski definition) is 6. The van der Waals surface area contributed by atoms with Crippen molar-refractivity contribution in [1.29, 1.82) is 0 Å². The molecule has 2 N–H and O–H groups in total. The van der Waals surface area contributed by atoms with Crippen LogP contribution in [0.1, 0.15) is 16.1 Å². The number of aromatic nitrogens is 1. The first kappa shape index (κ1) is 17.9. The highest BCUT2D eigenvalue weighted by Gasteiger charge is 2.31. The highest BCUT2D eigenvalue weighted by molar-refractivity contribution is 7.90. The summed E-state index contributed by atoms with van der Waals surface area (Å²) >= 11 is 0. The standard InChI is InChI=1S/C20H15NO6S/c22-16-10-9-15-18(23)17(27-20(15)19(16)24)11-8-13-5-4-12-21(13)28(25,26)14-6-2-1-3-7-14/h1-7,9-12,22,24H,8H2. The van der Waals surface area contributed by atoms with Crippen LogP contribution < -0.4 is 4.74 Å². The number of allylic oxidation sites excluding steroid dienone is 2. The molecule has 0 radical (unpaired) electrons. The molecule has 7 nitrogen and oxygen atoms in total. The summed E-state index contributed by atoms with van der Waals surface area (Å²) in [5.41, 5.74) is 0.574. The molecule has 1 aliphatic heterocycles. The summed E-state index contributed by atoms with van der Waals surface area (Å²) in [6, 6.07) is 13.8. The van der Waals surface area contributed by atoms with Gasteiger partial charge in [-0.15, -0.1) is 0 Å². The van der Waals surface area contributed by atoms with Crippen molar-refractivity contribution < 1.29 is 28.2 Å². The molecule has 0 saturated heterocycles. The molecule has 4 rings (SSSR count). The van der Waals surface area contributed by atoms with Gasteiger partial charge in [0.15, 0.2) is 17.3 Å². The Bertz CT molecular complexity index is 1210. The second kappa shape index (κ2) is 6.58. The van der Waals surface area contributed by atoms with E-state index in [2.05, 4.69) is 0 Å². The van der Waals surface area contributed by atoms with Crippen molar-refractivity contribution in [2.45, 2.75) is 11.3 Å². The average Bonchev–Trinajstić information content (AvgIpc) is 3.29. The van der Waals surface area contributed by atoms with E-state index < -0.39 is 27.3 Å². The van der Waals surface area contributed by atoms with Gasteiger partial charge in [-0.05, 0) is 42.5 Å². The molecule has 0 atom stereocenters. The molecule has 142 valence electrons. The van der Waals surface area contributed by atoms with Crippen LogP contribution in [0.5, 0.6) is 17.2 Å². The van der Waals surface area contributed by atoms with Crippen LogP contribution in [0.2, 0.25) is 0 Å². The largest absolute Gasteiger partial charge is 0.504 e. The van der Waals surface area contributed by atoms with Crippen LogP contribution >= 0.6 is 0 Å². The van der Waals surface area contributed by atoms with Crippen molar-refractivity contribution in [1.82, 2.24) is 3.97 Å². The molecule has 2 heterocycles. The van der Waals surface area contributed by atoms with Crippen molar-refractivity contribution in [2.75, 3.05) is 0 Å². The van der Waals surface area contributed by atoms with Gasteiger partial charge in [0.2, 0.25) is 11.5 Å². The molecule has 0 fully saturated rings. The SMILES string of the molecule is O=C1C(=CCc2cccn2S(=O)(=O)c2ccccc2)Oc2c1ccc(O)c2O. The number of hydrogen-bond donors (Lipinski definition) is 2. The second-order valence-corrected chi connectivity index (χ2v) is 7.94. The number of Topliss-reactive ketones (excluding diaryl/α,β-unsaturated/α-hetero) is 1.